The van der Waals surface area contributed by atoms with Crippen LogP contribution in [0.4, 0.5) is 0 Å². The van der Waals surface area contributed by atoms with E-state index in [1.54, 1.807) is 12.5 Å². The molecule has 2 aromatic heterocycles. The minimum Gasteiger partial charge on any atom is -0.325 e. The van der Waals surface area contributed by atoms with E-state index in [0.29, 0.717) is 6.54 Å². The predicted molar refractivity (Wildman–Crippen MR) is 57.3 cm³/mol. The van der Waals surface area contributed by atoms with Crippen molar-refractivity contribution >= 4 is 11.8 Å². The van der Waals surface area contributed by atoms with Gasteiger partial charge in [0.1, 0.15) is 6.33 Å². The standard InChI is InChI=1S/C9H11N5S/c1-14-6-12-13-9(14)15-8-3-2-4-11-7(8)5-10/h2-4,6H,5,10H2,1H3. The van der Waals surface area contributed by atoms with Crippen molar-refractivity contribution < 1.29 is 0 Å². The molecule has 0 aliphatic rings. The molecule has 0 saturated carbocycles. The summed E-state index contributed by atoms with van der Waals surface area (Å²) in [7, 11) is 1.90. The second kappa shape index (κ2) is 4.41. The first-order valence-electron chi connectivity index (χ1n) is 4.47. The first kappa shape index (κ1) is 10.1. The van der Waals surface area contributed by atoms with Gasteiger partial charge in [0.15, 0.2) is 5.16 Å². The quantitative estimate of drug-likeness (QED) is 0.831. The highest BCUT2D eigenvalue weighted by Gasteiger charge is 2.07. The molecule has 0 amide bonds. The molecule has 2 rings (SSSR count). The first-order chi connectivity index (χ1) is 7.31. The molecule has 0 fully saturated rings. The van der Waals surface area contributed by atoms with Gasteiger partial charge in [-0.25, -0.2) is 0 Å². The van der Waals surface area contributed by atoms with E-state index in [2.05, 4.69) is 15.2 Å². The van der Waals surface area contributed by atoms with Crippen LogP contribution in [0, 0.1) is 0 Å². The average molecular weight is 221 g/mol. The first-order valence-corrected chi connectivity index (χ1v) is 5.28. The van der Waals surface area contributed by atoms with Crippen molar-refractivity contribution in [3.63, 3.8) is 0 Å². The number of hydrogen-bond acceptors (Lipinski definition) is 5. The zero-order valence-corrected chi connectivity index (χ0v) is 9.11. The van der Waals surface area contributed by atoms with Crippen LogP contribution < -0.4 is 5.73 Å². The van der Waals surface area contributed by atoms with Crippen LogP contribution in [-0.4, -0.2) is 19.7 Å². The number of nitrogens with two attached hydrogens (primary N) is 1. The summed E-state index contributed by atoms with van der Waals surface area (Å²) in [6, 6.07) is 3.87. The van der Waals surface area contributed by atoms with Crippen molar-refractivity contribution in [3.8, 4) is 0 Å². The number of aromatic nitrogens is 4. The van der Waals surface area contributed by atoms with Gasteiger partial charge in [0.25, 0.3) is 0 Å². The Morgan fingerprint density at radius 2 is 2.40 bits per heavy atom. The minimum absolute atomic E-state index is 0.432. The molecule has 6 heteroatoms. The normalized spacial score (nSPS) is 10.5. The maximum absolute atomic E-state index is 5.60. The zero-order chi connectivity index (χ0) is 10.7. The molecule has 0 atom stereocenters. The van der Waals surface area contributed by atoms with E-state index in [4.69, 9.17) is 5.73 Å². The zero-order valence-electron chi connectivity index (χ0n) is 8.29. The van der Waals surface area contributed by atoms with E-state index < -0.39 is 0 Å². The van der Waals surface area contributed by atoms with Crippen LogP contribution in [0.3, 0.4) is 0 Å². The molecular weight excluding hydrogens is 210 g/mol. The molecule has 0 spiro atoms. The second-order valence-electron chi connectivity index (χ2n) is 2.98. The molecule has 0 bridgehead atoms. The minimum atomic E-state index is 0.432. The molecule has 2 heterocycles. The smallest absolute Gasteiger partial charge is 0.195 e. The fourth-order valence-corrected chi connectivity index (χ4v) is 2.01. The van der Waals surface area contributed by atoms with E-state index >= 15 is 0 Å². The third kappa shape index (κ3) is 2.16. The summed E-state index contributed by atoms with van der Waals surface area (Å²) in [6.45, 7) is 0.432. The molecule has 2 aromatic rings. The lowest BCUT2D eigenvalue weighted by molar-refractivity contribution is 0.787. The summed E-state index contributed by atoms with van der Waals surface area (Å²) in [6.07, 6.45) is 3.41. The fourth-order valence-electron chi connectivity index (χ4n) is 1.13. The average Bonchev–Trinajstić information content (AvgIpc) is 2.65. The molecule has 78 valence electrons. The lowest BCUT2D eigenvalue weighted by atomic mass is 10.3. The Hall–Kier alpha value is -1.40. The van der Waals surface area contributed by atoms with Gasteiger partial charge in [0, 0.05) is 24.7 Å². The number of aryl methyl sites for hydroxylation is 1. The number of pyridine rings is 1. The van der Waals surface area contributed by atoms with E-state index in [0.717, 1.165) is 15.7 Å². The number of rotatable bonds is 3. The van der Waals surface area contributed by atoms with Crippen LogP contribution in [0.25, 0.3) is 0 Å². The molecule has 0 aromatic carbocycles. The van der Waals surface area contributed by atoms with Crippen LogP contribution in [-0.2, 0) is 13.6 Å². The maximum Gasteiger partial charge on any atom is 0.195 e. The van der Waals surface area contributed by atoms with E-state index in [-0.39, 0.29) is 0 Å². The third-order valence-corrected chi connectivity index (χ3v) is 3.06. The molecule has 0 radical (unpaired) electrons. The van der Waals surface area contributed by atoms with Gasteiger partial charge in [-0.15, -0.1) is 10.2 Å². The molecule has 0 unspecified atom stereocenters. The molecule has 15 heavy (non-hydrogen) atoms. The Morgan fingerprint density at radius 1 is 1.53 bits per heavy atom. The largest absolute Gasteiger partial charge is 0.325 e. The van der Waals surface area contributed by atoms with Gasteiger partial charge in [-0.3, -0.25) is 4.98 Å². The van der Waals surface area contributed by atoms with Gasteiger partial charge in [0.05, 0.1) is 5.69 Å². The molecule has 0 saturated heterocycles. The predicted octanol–water partition coefficient (Wildman–Crippen LogP) is 0.820. The Morgan fingerprint density at radius 3 is 3.07 bits per heavy atom. The Bertz CT molecular complexity index is 453. The Kier molecular flexibility index (Phi) is 2.98. The van der Waals surface area contributed by atoms with Gasteiger partial charge in [-0.2, -0.15) is 0 Å². The molecule has 0 aliphatic carbocycles. The molecule has 5 nitrogen and oxygen atoms in total. The van der Waals surface area contributed by atoms with Crippen LogP contribution in [0.2, 0.25) is 0 Å². The van der Waals surface area contributed by atoms with Crippen LogP contribution >= 0.6 is 11.8 Å². The van der Waals surface area contributed by atoms with E-state index in [9.17, 15) is 0 Å². The van der Waals surface area contributed by atoms with Crippen molar-refractivity contribution in [2.75, 3.05) is 0 Å². The third-order valence-electron chi connectivity index (χ3n) is 1.91. The highest BCUT2D eigenvalue weighted by molar-refractivity contribution is 7.99. The van der Waals surface area contributed by atoms with Gasteiger partial charge in [-0.1, -0.05) is 0 Å². The maximum atomic E-state index is 5.60. The SMILES string of the molecule is Cn1cnnc1Sc1cccnc1CN. The summed E-state index contributed by atoms with van der Waals surface area (Å²) < 4.78 is 1.86. The Labute approximate surface area is 91.7 Å². The monoisotopic (exact) mass is 221 g/mol. The van der Waals surface area contributed by atoms with Crippen LogP contribution in [0.5, 0.6) is 0 Å². The molecule has 2 N–H and O–H groups in total. The van der Waals surface area contributed by atoms with Crippen molar-refractivity contribution in [3.05, 3.63) is 30.4 Å². The second-order valence-corrected chi connectivity index (χ2v) is 3.99. The summed E-state index contributed by atoms with van der Waals surface area (Å²) in [5, 5.41) is 8.64. The highest BCUT2D eigenvalue weighted by atomic mass is 32.2. The lowest BCUT2D eigenvalue weighted by Gasteiger charge is -2.04. The number of hydrogen-bond donors (Lipinski definition) is 1. The topological polar surface area (TPSA) is 69.6 Å². The summed E-state index contributed by atoms with van der Waals surface area (Å²) in [5.41, 5.74) is 6.48. The van der Waals surface area contributed by atoms with Gasteiger partial charge in [-0.05, 0) is 23.9 Å². The summed E-state index contributed by atoms with van der Waals surface area (Å²) in [4.78, 5) is 5.23. The van der Waals surface area contributed by atoms with Gasteiger partial charge < -0.3 is 10.3 Å². The van der Waals surface area contributed by atoms with Crippen molar-refractivity contribution in [2.45, 2.75) is 16.6 Å². The summed E-state index contributed by atoms with van der Waals surface area (Å²) >= 11 is 1.52. The lowest BCUT2D eigenvalue weighted by Crippen LogP contribution is -2.01. The van der Waals surface area contributed by atoms with E-state index in [1.165, 1.54) is 11.8 Å². The van der Waals surface area contributed by atoms with Crippen molar-refractivity contribution in [1.82, 2.24) is 19.7 Å². The van der Waals surface area contributed by atoms with Crippen molar-refractivity contribution in [1.29, 1.82) is 0 Å². The molecular formula is C9H11N5S. The Balaban J connectivity index is 2.28. The van der Waals surface area contributed by atoms with Crippen molar-refractivity contribution in [2.24, 2.45) is 12.8 Å². The van der Waals surface area contributed by atoms with Crippen LogP contribution in [0.1, 0.15) is 5.69 Å². The van der Waals surface area contributed by atoms with Gasteiger partial charge >= 0.3 is 0 Å². The van der Waals surface area contributed by atoms with E-state index in [1.807, 2.05) is 23.7 Å². The van der Waals surface area contributed by atoms with Crippen LogP contribution in [0.15, 0.2) is 34.7 Å². The highest BCUT2D eigenvalue weighted by Crippen LogP contribution is 2.26. The fraction of sp³-hybridized carbons (Fsp3) is 0.222. The number of nitrogens with zero attached hydrogens (tertiary/aromatic N) is 4. The molecule has 0 aliphatic heterocycles. The van der Waals surface area contributed by atoms with Gasteiger partial charge in [0.2, 0.25) is 0 Å². The summed E-state index contributed by atoms with van der Waals surface area (Å²) in [5.74, 6) is 0.